The van der Waals surface area contributed by atoms with Gasteiger partial charge in [0.15, 0.2) is 5.82 Å². The smallest absolute Gasteiger partial charge is 0.159 e. The van der Waals surface area contributed by atoms with Gasteiger partial charge in [0.25, 0.3) is 0 Å². The molecule has 0 saturated carbocycles. The fraction of sp³-hybridized carbons (Fsp3) is 0.0571. The lowest BCUT2D eigenvalue weighted by Crippen LogP contribution is -2.45. The Morgan fingerprint density at radius 1 is 0.550 bits per heavy atom. The molecule has 1 aliphatic heterocycles. The summed E-state index contributed by atoms with van der Waals surface area (Å²) in [5.74, 6) is 1.57. The van der Waals surface area contributed by atoms with Crippen LogP contribution in [0.4, 0.5) is 0 Å². The number of nitrogens with one attached hydrogen (secondary N) is 2. The summed E-state index contributed by atoms with van der Waals surface area (Å²) in [6.07, 6.45) is 3.24. The van der Waals surface area contributed by atoms with E-state index in [2.05, 4.69) is 130 Å². The topological polar surface area (TPSA) is 62.2 Å². The van der Waals surface area contributed by atoms with E-state index in [9.17, 15) is 0 Å². The molecule has 6 aromatic rings. The van der Waals surface area contributed by atoms with Crippen LogP contribution in [0.25, 0.3) is 33.3 Å². The van der Waals surface area contributed by atoms with Crippen LogP contribution in [0.3, 0.4) is 0 Å². The summed E-state index contributed by atoms with van der Waals surface area (Å²) in [4.78, 5) is 14.1. The highest BCUT2D eigenvalue weighted by molar-refractivity contribution is 6.12. The van der Waals surface area contributed by atoms with Gasteiger partial charge in [-0.05, 0) is 33.5 Å². The van der Waals surface area contributed by atoms with E-state index in [1.54, 1.807) is 12.4 Å². The number of hydrogen-bond acceptors (Lipinski definition) is 5. The summed E-state index contributed by atoms with van der Waals surface area (Å²) in [5, 5.41) is 9.78. The van der Waals surface area contributed by atoms with Crippen molar-refractivity contribution in [3.63, 3.8) is 0 Å². The molecular formula is C35H27N5. The van der Waals surface area contributed by atoms with Gasteiger partial charge in [-0.1, -0.05) is 121 Å². The summed E-state index contributed by atoms with van der Waals surface area (Å²) >= 11 is 0. The lowest BCUT2D eigenvalue weighted by atomic mass is 9.91. The molecule has 1 aliphatic rings. The number of rotatable bonds is 5. The highest BCUT2D eigenvalue weighted by Gasteiger charge is 2.27. The van der Waals surface area contributed by atoms with Crippen molar-refractivity contribution in [2.45, 2.75) is 12.3 Å². The molecule has 0 saturated heterocycles. The van der Waals surface area contributed by atoms with Gasteiger partial charge in [0.05, 0.1) is 0 Å². The maximum Gasteiger partial charge on any atom is 0.159 e. The largest absolute Gasteiger partial charge is 0.350 e. The van der Waals surface area contributed by atoms with Crippen molar-refractivity contribution >= 4 is 16.6 Å². The molecule has 5 heteroatoms. The molecule has 40 heavy (non-hydrogen) atoms. The second-order valence-electron chi connectivity index (χ2n) is 9.80. The first-order valence-electron chi connectivity index (χ1n) is 13.4. The lowest BCUT2D eigenvalue weighted by molar-refractivity contribution is 0.409. The van der Waals surface area contributed by atoms with Gasteiger partial charge in [-0.15, -0.1) is 0 Å². The van der Waals surface area contributed by atoms with Crippen molar-refractivity contribution in [3.05, 3.63) is 156 Å². The standard InChI is InChI=1S/C35H27N5/c1-3-11-26(12-4-1)33-38-34(27-13-5-2-6-14-27)40-35(39-33)30-21-20-24-10-7-8-15-29(24)31(30)25-16-18-28(19-17-25)32-36-22-9-23-37-32/h1-23,33-34,38H,(H,39,40). The monoisotopic (exact) mass is 517 g/mol. The van der Waals surface area contributed by atoms with E-state index in [1.807, 2.05) is 18.2 Å². The van der Waals surface area contributed by atoms with Crippen LogP contribution in [0.15, 0.2) is 145 Å². The van der Waals surface area contributed by atoms with Gasteiger partial charge in [0.2, 0.25) is 0 Å². The van der Waals surface area contributed by atoms with Gasteiger partial charge >= 0.3 is 0 Å². The van der Waals surface area contributed by atoms with Crippen LogP contribution in [-0.4, -0.2) is 15.8 Å². The third-order valence-corrected chi connectivity index (χ3v) is 7.29. The first-order chi connectivity index (χ1) is 19.8. The molecule has 0 aliphatic carbocycles. The van der Waals surface area contributed by atoms with E-state index in [1.165, 1.54) is 10.8 Å². The Bertz CT molecular complexity index is 1780. The molecule has 0 bridgehead atoms. The second kappa shape index (κ2) is 10.6. The third kappa shape index (κ3) is 4.64. The summed E-state index contributed by atoms with van der Waals surface area (Å²) in [7, 11) is 0. The van der Waals surface area contributed by atoms with Gasteiger partial charge in [-0.25, -0.2) is 15.0 Å². The van der Waals surface area contributed by atoms with Crippen LogP contribution < -0.4 is 10.6 Å². The van der Waals surface area contributed by atoms with Gasteiger partial charge < -0.3 is 5.32 Å². The van der Waals surface area contributed by atoms with E-state index in [-0.39, 0.29) is 12.3 Å². The Kier molecular flexibility index (Phi) is 6.32. The minimum absolute atomic E-state index is 0.101. The van der Waals surface area contributed by atoms with Gasteiger partial charge in [-0.3, -0.25) is 5.32 Å². The predicted octanol–water partition coefficient (Wildman–Crippen LogP) is 7.30. The van der Waals surface area contributed by atoms with Gasteiger partial charge in [0.1, 0.15) is 18.2 Å². The Morgan fingerprint density at radius 3 is 1.95 bits per heavy atom. The number of nitrogens with zero attached hydrogens (tertiary/aromatic N) is 3. The second-order valence-corrected chi connectivity index (χ2v) is 9.80. The fourth-order valence-corrected chi connectivity index (χ4v) is 5.33. The molecule has 1 aromatic heterocycles. The maximum absolute atomic E-state index is 5.23. The Labute approximate surface area is 233 Å². The summed E-state index contributed by atoms with van der Waals surface area (Å²) in [6.45, 7) is 0. The van der Waals surface area contributed by atoms with Crippen molar-refractivity contribution in [2.75, 3.05) is 0 Å². The summed E-state index contributed by atoms with van der Waals surface area (Å²) < 4.78 is 0. The molecule has 5 aromatic carbocycles. The number of amidine groups is 1. The van der Waals surface area contributed by atoms with Crippen molar-refractivity contribution in [2.24, 2.45) is 4.99 Å². The molecule has 192 valence electrons. The fourth-order valence-electron chi connectivity index (χ4n) is 5.33. The van der Waals surface area contributed by atoms with E-state index in [0.717, 1.165) is 39.2 Å². The number of aromatic nitrogens is 2. The van der Waals surface area contributed by atoms with Gasteiger partial charge in [-0.2, -0.15) is 0 Å². The molecule has 0 amide bonds. The average molecular weight is 518 g/mol. The van der Waals surface area contributed by atoms with Crippen LogP contribution in [0, 0.1) is 0 Å². The van der Waals surface area contributed by atoms with Crippen molar-refractivity contribution < 1.29 is 0 Å². The quantitative estimate of drug-likeness (QED) is 0.252. The Morgan fingerprint density at radius 2 is 1.20 bits per heavy atom. The molecular weight excluding hydrogens is 490 g/mol. The molecule has 7 rings (SSSR count). The van der Waals surface area contributed by atoms with E-state index < -0.39 is 0 Å². The van der Waals surface area contributed by atoms with Crippen LogP contribution in [0.2, 0.25) is 0 Å². The molecule has 2 N–H and O–H groups in total. The predicted molar refractivity (Wildman–Crippen MR) is 162 cm³/mol. The van der Waals surface area contributed by atoms with E-state index in [4.69, 9.17) is 4.99 Å². The summed E-state index contributed by atoms with van der Waals surface area (Å²) in [5.41, 5.74) is 6.58. The summed E-state index contributed by atoms with van der Waals surface area (Å²) in [6, 6.07) is 44.1. The van der Waals surface area contributed by atoms with Crippen LogP contribution >= 0.6 is 0 Å². The zero-order valence-electron chi connectivity index (χ0n) is 21.8. The molecule has 0 spiro atoms. The zero-order valence-corrected chi connectivity index (χ0v) is 21.8. The average Bonchev–Trinajstić information content (AvgIpc) is 3.05. The Hall–Kier alpha value is -5.13. The minimum atomic E-state index is -0.195. The van der Waals surface area contributed by atoms with Crippen LogP contribution in [-0.2, 0) is 0 Å². The van der Waals surface area contributed by atoms with Crippen molar-refractivity contribution in [1.29, 1.82) is 0 Å². The lowest BCUT2D eigenvalue weighted by Gasteiger charge is -2.33. The normalized spacial score (nSPS) is 16.8. The minimum Gasteiger partial charge on any atom is -0.350 e. The van der Waals surface area contributed by atoms with Gasteiger partial charge in [0, 0.05) is 29.1 Å². The van der Waals surface area contributed by atoms with E-state index in [0.29, 0.717) is 5.82 Å². The van der Waals surface area contributed by atoms with E-state index >= 15 is 0 Å². The number of fused-ring (bicyclic) bond motifs is 1. The SMILES string of the molecule is c1ccc(C2N=C(c3ccc4ccccc4c3-c3ccc(-c4ncccn4)cc3)NC(c3ccccc3)N2)cc1. The van der Waals surface area contributed by atoms with Crippen LogP contribution in [0.1, 0.15) is 29.0 Å². The number of aliphatic imine (C=N–C) groups is 1. The number of hydrogen-bond donors (Lipinski definition) is 2. The van der Waals surface area contributed by atoms with Crippen molar-refractivity contribution in [3.8, 4) is 22.5 Å². The molecule has 2 unspecified atom stereocenters. The molecule has 2 heterocycles. The first-order valence-corrected chi connectivity index (χ1v) is 13.4. The molecule has 0 radical (unpaired) electrons. The van der Waals surface area contributed by atoms with Crippen LogP contribution in [0.5, 0.6) is 0 Å². The zero-order chi connectivity index (χ0) is 26.7. The first kappa shape index (κ1) is 23.9. The molecule has 2 atom stereocenters. The Balaban J connectivity index is 1.38. The highest BCUT2D eigenvalue weighted by atomic mass is 15.3. The highest BCUT2D eigenvalue weighted by Crippen LogP contribution is 2.35. The third-order valence-electron chi connectivity index (χ3n) is 7.29. The maximum atomic E-state index is 5.23. The molecule has 0 fully saturated rings. The molecule has 5 nitrogen and oxygen atoms in total. The number of benzene rings is 5. The van der Waals surface area contributed by atoms with Crippen molar-refractivity contribution in [1.82, 2.24) is 20.6 Å².